The zero-order valence-electron chi connectivity index (χ0n) is 17.7. The number of nitrogens with zero attached hydrogens (tertiary/aromatic N) is 5. The van der Waals surface area contributed by atoms with E-state index in [1.165, 1.54) is 16.6 Å². The molecule has 0 atom stereocenters. The molecule has 1 aliphatic heterocycles. The second kappa shape index (κ2) is 9.38. The minimum absolute atomic E-state index is 0.139. The van der Waals surface area contributed by atoms with Crippen molar-refractivity contribution < 1.29 is 9.21 Å². The number of nitriles is 1. The van der Waals surface area contributed by atoms with Gasteiger partial charge in [0.05, 0.1) is 24.1 Å². The molecule has 5 rings (SSSR count). The topological polar surface area (TPSA) is 100.0 Å². The Balaban J connectivity index is 1.30. The second-order valence-corrected chi connectivity index (χ2v) is 10.1. The normalized spacial score (nSPS) is 15.5. The number of hydrogen-bond donors (Lipinski definition) is 1. The van der Waals surface area contributed by atoms with Gasteiger partial charge in [-0.1, -0.05) is 11.8 Å². The first-order valence-electron chi connectivity index (χ1n) is 10.9. The van der Waals surface area contributed by atoms with Gasteiger partial charge in [-0.2, -0.15) is 5.26 Å². The minimum Gasteiger partial charge on any atom is -0.467 e. The standard InChI is InChI=1S/C22H24N6O2S2/c23-12-17-16-7-1-2-8-18(16)32-20(17)24-19(29)14-31-22-26-25-21(27-9-3-4-10-27)28(22)13-15-6-5-11-30-15/h5-6,11H,1-4,7-10,13-14H2,(H,24,29). The van der Waals surface area contributed by atoms with Crippen LogP contribution in [0.5, 0.6) is 0 Å². The third-order valence-corrected chi connectivity index (χ3v) is 8.02. The van der Waals surface area contributed by atoms with E-state index in [0.717, 1.165) is 68.9 Å². The highest BCUT2D eigenvalue weighted by Gasteiger charge is 2.24. The maximum Gasteiger partial charge on any atom is 0.235 e. The summed E-state index contributed by atoms with van der Waals surface area (Å²) in [5, 5.41) is 22.7. The van der Waals surface area contributed by atoms with E-state index in [4.69, 9.17) is 4.42 Å². The Morgan fingerprint density at radius 3 is 2.88 bits per heavy atom. The van der Waals surface area contributed by atoms with Gasteiger partial charge in [0.2, 0.25) is 11.9 Å². The summed E-state index contributed by atoms with van der Waals surface area (Å²) in [6.45, 7) is 2.44. The Labute approximate surface area is 194 Å². The molecule has 0 radical (unpaired) electrons. The fraction of sp³-hybridized carbons (Fsp3) is 0.455. The lowest BCUT2D eigenvalue weighted by molar-refractivity contribution is -0.113. The number of carbonyl (C=O) groups is 1. The van der Waals surface area contributed by atoms with Gasteiger partial charge in [0, 0.05) is 18.0 Å². The molecule has 1 N–H and O–H groups in total. The van der Waals surface area contributed by atoms with Crippen molar-refractivity contribution in [2.45, 2.75) is 50.2 Å². The number of fused-ring (bicyclic) bond motifs is 1. The quantitative estimate of drug-likeness (QED) is 0.522. The van der Waals surface area contributed by atoms with Crippen LogP contribution < -0.4 is 10.2 Å². The summed E-state index contributed by atoms with van der Waals surface area (Å²) >= 11 is 2.90. The van der Waals surface area contributed by atoms with Crippen LogP contribution in [-0.4, -0.2) is 39.5 Å². The van der Waals surface area contributed by atoms with Crippen LogP contribution in [0.4, 0.5) is 10.9 Å². The SMILES string of the molecule is N#Cc1c(NC(=O)CSc2nnc(N3CCCC3)n2Cc2ccco2)sc2c1CCCC2. The highest BCUT2D eigenvalue weighted by molar-refractivity contribution is 7.99. The highest BCUT2D eigenvalue weighted by atomic mass is 32.2. The van der Waals surface area contributed by atoms with Crippen molar-refractivity contribution in [2.24, 2.45) is 0 Å². The van der Waals surface area contributed by atoms with E-state index in [2.05, 4.69) is 26.5 Å². The maximum atomic E-state index is 12.7. The van der Waals surface area contributed by atoms with E-state index in [-0.39, 0.29) is 11.7 Å². The van der Waals surface area contributed by atoms with E-state index in [1.807, 2.05) is 16.7 Å². The van der Waals surface area contributed by atoms with Crippen molar-refractivity contribution in [1.29, 1.82) is 5.26 Å². The number of thioether (sulfide) groups is 1. The zero-order chi connectivity index (χ0) is 21.9. The summed E-state index contributed by atoms with van der Waals surface area (Å²) in [5.41, 5.74) is 1.76. The summed E-state index contributed by atoms with van der Waals surface area (Å²) in [6.07, 6.45) is 8.11. The molecule has 2 aliphatic rings. The van der Waals surface area contributed by atoms with Crippen molar-refractivity contribution in [3.63, 3.8) is 0 Å². The predicted octanol–water partition coefficient (Wildman–Crippen LogP) is 4.06. The number of aromatic nitrogens is 3. The van der Waals surface area contributed by atoms with Gasteiger partial charge in [-0.15, -0.1) is 21.5 Å². The first-order valence-corrected chi connectivity index (χ1v) is 12.7. The summed E-state index contributed by atoms with van der Waals surface area (Å²) in [7, 11) is 0. The molecule has 0 saturated carbocycles. The maximum absolute atomic E-state index is 12.7. The van der Waals surface area contributed by atoms with Gasteiger partial charge in [0.1, 0.15) is 16.8 Å². The van der Waals surface area contributed by atoms with E-state index in [9.17, 15) is 10.1 Å². The largest absolute Gasteiger partial charge is 0.467 e. The number of aryl methyl sites for hydroxylation is 1. The molecule has 32 heavy (non-hydrogen) atoms. The third kappa shape index (κ3) is 4.27. The van der Waals surface area contributed by atoms with Crippen molar-refractivity contribution in [2.75, 3.05) is 29.1 Å². The molecule has 0 unspecified atom stereocenters. The number of anilines is 2. The molecule has 3 aromatic heterocycles. The van der Waals surface area contributed by atoms with Crippen LogP contribution in [0.25, 0.3) is 0 Å². The molecule has 0 spiro atoms. The van der Waals surface area contributed by atoms with Crippen LogP contribution in [0.1, 0.15) is 47.4 Å². The molecule has 166 valence electrons. The van der Waals surface area contributed by atoms with Gasteiger partial charge < -0.3 is 14.6 Å². The lowest BCUT2D eigenvalue weighted by Crippen LogP contribution is -2.22. The van der Waals surface area contributed by atoms with E-state index < -0.39 is 0 Å². The van der Waals surface area contributed by atoms with Gasteiger partial charge in [-0.05, 0) is 56.2 Å². The Hall–Kier alpha value is -2.77. The summed E-state index contributed by atoms with van der Waals surface area (Å²) in [6, 6.07) is 6.09. The van der Waals surface area contributed by atoms with Crippen LogP contribution in [-0.2, 0) is 24.2 Å². The summed E-state index contributed by atoms with van der Waals surface area (Å²) in [5.74, 6) is 1.70. The van der Waals surface area contributed by atoms with Crippen molar-refractivity contribution in [3.05, 3.63) is 40.2 Å². The number of rotatable bonds is 7. The zero-order valence-corrected chi connectivity index (χ0v) is 19.3. The predicted molar refractivity (Wildman–Crippen MR) is 124 cm³/mol. The molecule has 1 saturated heterocycles. The van der Waals surface area contributed by atoms with E-state index in [0.29, 0.717) is 22.3 Å². The summed E-state index contributed by atoms with van der Waals surface area (Å²) in [4.78, 5) is 16.2. The number of amides is 1. The van der Waals surface area contributed by atoms with Crippen LogP contribution in [0.2, 0.25) is 0 Å². The van der Waals surface area contributed by atoms with E-state index in [1.54, 1.807) is 17.6 Å². The average Bonchev–Trinajstić information content (AvgIpc) is 3.59. The Bertz CT molecular complexity index is 1140. The molecule has 3 aromatic rings. The first-order chi connectivity index (χ1) is 15.7. The van der Waals surface area contributed by atoms with Gasteiger partial charge in [-0.25, -0.2) is 0 Å². The smallest absolute Gasteiger partial charge is 0.235 e. The van der Waals surface area contributed by atoms with Gasteiger partial charge >= 0.3 is 0 Å². The number of nitrogens with one attached hydrogen (secondary N) is 1. The van der Waals surface area contributed by atoms with Gasteiger partial charge in [-0.3, -0.25) is 9.36 Å². The molecule has 1 aliphatic carbocycles. The average molecular weight is 469 g/mol. The van der Waals surface area contributed by atoms with Crippen molar-refractivity contribution in [1.82, 2.24) is 14.8 Å². The molecular formula is C22H24N6O2S2. The van der Waals surface area contributed by atoms with Crippen LogP contribution in [0.15, 0.2) is 28.0 Å². The van der Waals surface area contributed by atoms with Crippen LogP contribution in [0.3, 0.4) is 0 Å². The lowest BCUT2D eigenvalue weighted by Gasteiger charge is -2.17. The highest BCUT2D eigenvalue weighted by Crippen LogP contribution is 2.37. The fourth-order valence-electron chi connectivity index (χ4n) is 4.30. The molecule has 4 heterocycles. The molecule has 0 aromatic carbocycles. The third-order valence-electron chi connectivity index (χ3n) is 5.85. The Morgan fingerprint density at radius 2 is 2.09 bits per heavy atom. The number of carbonyl (C=O) groups excluding carboxylic acids is 1. The second-order valence-electron chi connectivity index (χ2n) is 8.01. The number of hydrogen-bond acceptors (Lipinski definition) is 8. The molecule has 10 heteroatoms. The Kier molecular flexibility index (Phi) is 6.19. The number of thiophene rings is 1. The molecule has 8 nitrogen and oxygen atoms in total. The molecule has 1 fully saturated rings. The summed E-state index contributed by atoms with van der Waals surface area (Å²) < 4.78 is 7.56. The van der Waals surface area contributed by atoms with Crippen molar-refractivity contribution >= 4 is 40.0 Å². The van der Waals surface area contributed by atoms with Crippen molar-refractivity contribution in [3.8, 4) is 6.07 Å². The molecule has 0 bridgehead atoms. The van der Waals surface area contributed by atoms with Crippen LogP contribution >= 0.6 is 23.1 Å². The van der Waals surface area contributed by atoms with Crippen LogP contribution in [0, 0.1) is 11.3 Å². The lowest BCUT2D eigenvalue weighted by atomic mass is 9.96. The Morgan fingerprint density at radius 1 is 1.25 bits per heavy atom. The minimum atomic E-state index is -0.139. The fourth-order valence-corrected chi connectivity index (χ4v) is 6.29. The first kappa shape index (κ1) is 21.1. The molecule has 1 amide bonds. The molecular weight excluding hydrogens is 444 g/mol. The monoisotopic (exact) mass is 468 g/mol. The van der Waals surface area contributed by atoms with Gasteiger partial charge in [0.15, 0.2) is 5.16 Å². The number of furan rings is 1. The van der Waals surface area contributed by atoms with E-state index >= 15 is 0 Å². The van der Waals surface area contributed by atoms with Gasteiger partial charge in [0.25, 0.3) is 0 Å².